The molecule has 8 heteroatoms. The number of H-pyrrole nitrogens is 1. The number of aromatic amines is 1. The molecule has 5 rings (SSSR count). The number of likely N-dealkylation sites (tertiary alicyclic amines) is 2. The highest BCUT2D eigenvalue weighted by Gasteiger charge is 2.38. The minimum absolute atomic E-state index is 0.0656. The van der Waals surface area contributed by atoms with Crippen molar-refractivity contribution in [2.75, 3.05) is 26.2 Å². The largest absolute Gasteiger partial charge is 0.348 e. The van der Waals surface area contributed by atoms with Crippen molar-refractivity contribution in [3.63, 3.8) is 0 Å². The van der Waals surface area contributed by atoms with Gasteiger partial charge in [-0.15, -0.1) is 0 Å². The van der Waals surface area contributed by atoms with Gasteiger partial charge in [0.25, 0.3) is 5.91 Å². The van der Waals surface area contributed by atoms with Crippen molar-refractivity contribution >= 4 is 22.7 Å². The van der Waals surface area contributed by atoms with Gasteiger partial charge in [0.1, 0.15) is 5.69 Å². The van der Waals surface area contributed by atoms with E-state index in [0.717, 1.165) is 23.8 Å². The van der Waals surface area contributed by atoms with Gasteiger partial charge in [-0.05, 0) is 48.4 Å². The molecule has 0 saturated carbocycles. The van der Waals surface area contributed by atoms with Crippen LogP contribution in [0.4, 0.5) is 4.39 Å². The molecule has 2 fully saturated rings. The molecule has 36 heavy (non-hydrogen) atoms. The van der Waals surface area contributed by atoms with Gasteiger partial charge >= 0.3 is 0 Å². The standard InChI is InChI=1S/C26H32FN5O2.C2H6/c1-17-12-20(18-6-4-9-30(14-18)22(33)7-11-32-10-5-8-28-32)23(27)24-19(17)13-21(29-24)25(34)31-15-26(2,3)16-31;1-2/h5,8,10,12-13,18,29H,4,6-7,9,11,14-16H2,1-3H3;1-2H3. The van der Waals surface area contributed by atoms with Crippen molar-refractivity contribution in [1.82, 2.24) is 24.6 Å². The third-order valence-electron chi connectivity index (χ3n) is 7.17. The van der Waals surface area contributed by atoms with E-state index in [1.807, 2.05) is 44.0 Å². The van der Waals surface area contributed by atoms with E-state index in [2.05, 4.69) is 23.9 Å². The number of fused-ring (bicyclic) bond motifs is 1. The van der Waals surface area contributed by atoms with Crippen LogP contribution in [0.15, 0.2) is 30.6 Å². The van der Waals surface area contributed by atoms with Crippen LogP contribution in [0.5, 0.6) is 0 Å². The van der Waals surface area contributed by atoms with Crippen molar-refractivity contribution in [1.29, 1.82) is 0 Å². The highest BCUT2D eigenvalue weighted by Crippen LogP contribution is 2.35. The first kappa shape index (κ1) is 25.9. The second-order valence-electron chi connectivity index (χ2n) is 10.6. The topological polar surface area (TPSA) is 74.2 Å². The Morgan fingerprint density at radius 2 is 1.94 bits per heavy atom. The van der Waals surface area contributed by atoms with Crippen molar-refractivity contribution < 1.29 is 14.0 Å². The average Bonchev–Trinajstić information content (AvgIpc) is 3.55. The molecule has 2 aliphatic rings. The Morgan fingerprint density at radius 1 is 1.19 bits per heavy atom. The van der Waals surface area contributed by atoms with Crippen LogP contribution < -0.4 is 0 Å². The number of hydrogen-bond acceptors (Lipinski definition) is 3. The number of hydrogen-bond donors (Lipinski definition) is 1. The lowest BCUT2D eigenvalue weighted by Crippen LogP contribution is -2.55. The number of rotatable bonds is 5. The highest BCUT2D eigenvalue weighted by atomic mass is 19.1. The first-order chi connectivity index (χ1) is 17.2. The van der Waals surface area contributed by atoms with E-state index in [1.165, 1.54) is 0 Å². The maximum atomic E-state index is 15.7. The number of aromatic nitrogens is 3. The zero-order valence-corrected chi connectivity index (χ0v) is 22.1. The molecule has 0 aliphatic carbocycles. The maximum absolute atomic E-state index is 15.7. The Labute approximate surface area is 212 Å². The van der Waals surface area contributed by atoms with Crippen LogP contribution >= 0.6 is 0 Å². The van der Waals surface area contributed by atoms with E-state index in [-0.39, 0.29) is 29.0 Å². The molecule has 2 saturated heterocycles. The third-order valence-corrected chi connectivity index (χ3v) is 7.17. The first-order valence-corrected chi connectivity index (χ1v) is 13.1. The van der Waals surface area contributed by atoms with E-state index in [9.17, 15) is 9.59 Å². The Balaban J connectivity index is 0.00000148. The van der Waals surface area contributed by atoms with Crippen LogP contribution in [0, 0.1) is 18.2 Å². The third kappa shape index (κ3) is 5.18. The predicted octanol–water partition coefficient (Wildman–Crippen LogP) is 5.12. The van der Waals surface area contributed by atoms with Gasteiger partial charge in [0, 0.05) is 62.8 Å². The van der Waals surface area contributed by atoms with Crippen molar-refractivity contribution in [2.45, 2.75) is 66.3 Å². The zero-order valence-electron chi connectivity index (χ0n) is 22.1. The molecule has 4 heterocycles. The number of piperidine rings is 1. The van der Waals surface area contributed by atoms with E-state index in [4.69, 9.17) is 0 Å². The summed E-state index contributed by atoms with van der Waals surface area (Å²) in [5.74, 6) is -0.380. The average molecular weight is 496 g/mol. The highest BCUT2D eigenvalue weighted by molar-refractivity contribution is 5.99. The number of nitrogens with zero attached hydrogens (tertiary/aromatic N) is 4. The van der Waals surface area contributed by atoms with Crippen LogP contribution in [-0.2, 0) is 11.3 Å². The zero-order chi connectivity index (χ0) is 26.0. The fraction of sp³-hybridized carbons (Fsp3) is 0.536. The number of aryl methyl sites for hydroxylation is 2. The lowest BCUT2D eigenvalue weighted by molar-refractivity contribution is -0.132. The molecule has 1 atom stereocenters. The summed E-state index contributed by atoms with van der Waals surface area (Å²) in [6.45, 7) is 13.4. The molecule has 7 nitrogen and oxygen atoms in total. The molecule has 0 spiro atoms. The van der Waals surface area contributed by atoms with E-state index in [0.29, 0.717) is 55.9 Å². The van der Waals surface area contributed by atoms with Crippen LogP contribution in [0.1, 0.15) is 74.5 Å². The number of nitrogens with one attached hydrogen (secondary N) is 1. The monoisotopic (exact) mass is 495 g/mol. The summed E-state index contributed by atoms with van der Waals surface area (Å²) in [5, 5.41) is 4.90. The second kappa shape index (κ2) is 10.4. The molecule has 1 N–H and O–H groups in total. The molecule has 3 aromatic rings. The van der Waals surface area contributed by atoms with Gasteiger partial charge in [-0.2, -0.15) is 5.10 Å². The molecule has 2 aromatic heterocycles. The second-order valence-corrected chi connectivity index (χ2v) is 10.6. The molecule has 1 unspecified atom stereocenters. The molecule has 2 amide bonds. The number of halogens is 1. The lowest BCUT2D eigenvalue weighted by atomic mass is 9.84. The van der Waals surface area contributed by atoms with Crippen LogP contribution in [0.3, 0.4) is 0 Å². The number of carbonyl (C=O) groups excluding carboxylic acids is 2. The summed E-state index contributed by atoms with van der Waals surface area (Å²) in [6.07, 6.45) is 5.60. The Bertz CT molecular complexity index is 1220. The molecule has 0 radical (unpaired) electrons. The van der Waals surface area contributed by atoms with Gasteiger partial charge in [-0.25, -0.2) is 4.39 Å². The normalized spacial score (nSPS) is 19.0. The maximum Gasteiger partial charge on any atom is 0.270 e. The predicted molar refractivity (Wildman–Crippen MR) is 139 cm³/mol. The van der Waals surface area contributed by atoms with Crippen LogP contribution in [0.2, 0.25) is 0 Å². The number of carbonyl (C=O) groups is 2. The lowest BCUT2D eigenvalue weighted by Gasteiger charge is -2.45. The summed E-state index contributed by atoms with van der Waals surface area (Å²) >= 11 is 0. The van der Waals surface area contributed by atoms with E-state index < -0.39 is 0 Å². The van der Waals surface area contributed by atoms with Crippen molar-refractivity contribution in [2.24, 2.45) is 5.41 Å². The van der Waals surface area contributed by atoms with Crippen molar-refractivity contribution in [3.05, 3.63) is 53.2 Å². The SMILES string of the molecule is CC.Cc1cc(C2CCCN(C(=O)CCn3cccn3)C2)c(F)c2[nH]c(C(=O)N3CC(C)(C)C3)cc12. The smallest absolute Gasteiger partial charge is 0.270 e. The number of amides is 2. The number of benzene rings is 1. The minimum Gasteiger partial charge on any atom is -0.348 e. The first-order valence-electron chi connectivity index (χ1n) is 13.1. The fourth-order valence-electron chi connectivity index (χ4n) is 5.43. The Morgan fingerprint density at radius 3 is 2.61 bits per heavy atom. The molecule has 2 aliphatic heterocycles. The molecular formula is C28H38FN5O2. The van der Waals surface area contributed by atoms with Gasteiger partial charge in [0.2, 0.25) is 5.91 Å². The summed E-state index contributed by atoms with van der Waals surface area (Å²) in [4.78, 5) is 32.4. The van der Waals surface area contributed by atoms with Gasteiger partial charge in [-0.3, -0.25) is 14.3 Å². The minimum atomic E-state index is -0.306. The molecule has 194 valence electrons. The van der Waals surface area contributed by atoms with Crippen molar-refractivity contribution in [3.8, 4) is 0 Å². The summed E-state index contributed by atoms with van der Waals surface area (Å²) < 4.78 is 17.5. The van der Waals surface area contributed by atoms with Gasteiger partial charge < -0.3 is 14.8 Å². The summed E-state index contributed by atoms with van der Waals surface area (Å²) in [5.41, 5.74) is 2.52. The van der Waals surface area contributed by atoms with Gasteiger partial charge in [0.05, 0.1) is 5.52 Å². The van der Waals surface area contributed by atoms with Gasteiger partial charge in [-0.1, -0.05) is 33.8 Å². The molecular weight excluding hydrogens is 457 g/mol. The molecule has 0 bridgehead atoms. The Hall–Kier alpha value is -3.16. The van der Waals surface area contributed by atoms with Crippen LogP contribution in [-0.4, -0.2) is 62.6 Å². The molecule has 1 aromatic carbocycles. The fourth-order valence-corrected chi connectivity index (χ4v) is 5.43. The van der Waals surface area contributed by atoms with Gasteiger partial charge in [0.15, 0.2) is 5.82 Å². The van der Waals surface area contributed by atoms with E-state index in [1.54, 1.807) is 21.8 Å². The summed E-state index contributed by atoms with van der Waals surface area (Å²) in [6, 6.07) is 5.51. The summed E-state index contributed by atoms with van der Waals surface area (Å²) in [7, 11) is 0. The van der Waals surface area contributed by atoms with E-state index >= 15 is 4.39 Å². The van der Waals surface area contributed by atoms with Crippen LogP contribution in [0.25, 0.3) is 10.9 Å². The Kier molecular flexibility index (Phi) is 7.52. The quantitative estimate of drug-likeness (QED) is 0.534.